The van der Waals surface area contributed by atoms with Gasteiger partial charge in [0.25, 0.3) is 11.8 Å². The molecule has 0 saturated carbocycles. The number of nitrogens with one attached hydrogen (secondary N) is 1. The van der Waals surface area contributed by atoms with Gasteiger partial charge in [-0.05, 0) is 66.3 Å². The molecule has 1 aliphatic rings. The first-order valence-corrected chi connectivity index (χ1v) is 9.26. The Morgan fingerprint density at radius 2 is 1.69 bits per heavy atom. The van der Waals surface area contributed by atoms with Gasteiger partial charge in [0, 0.05) is 18.1 Å². The zero-order chi connectivity index (χ0) is 20.4. The number of nitrogens with zero attached hydrogens (tertiary/aromatic N) is 2. The van der Waals surface area contributed by atoms with E-state index in [4.69, 9.17) is 17.0 Å². The van der Waals surface area contributed by atoms with Crippen LogP contribution in [0.25, 0.3) is 11.8 Å². The van der Waals surface area contributed by atoms with Crippen LogP contribution in [0.1, 0.15) is 5.56 Å². The standard InChI is InChI=1S/C22H17N3O3S/c1-28-18-9-7-17(8-10-18)25-21(27)19(20(26)23-22(25)29)13-15-11-12-24(14-15)16-5-3-2-4-6-16/h2-14H,1H3,(H,23,26,29)/b19-13-. The SMILES string of the molecule is COc1ccc(N2C(=O)/C(=C\c3ccn(-c4ccccc4)c3)C(=O)NC2=S)cc1. The number of rotatable bonds is 4. The molecule has 0 radical (unpaired) electrons. The Balaban J connectivity index is 1.66. The Labute approximate surface area is 173 Å². The molecule has 144 valence electrons. The van der Waals surface area contributed by atoms with Crippen LogP contribution in [0.5, 0.6) is 5.75 Å². The zero-order valence-electron chi connectivity index (χ0n) is 15.5. The lowest BCUT2D eigenvalue weighted by Crippen LogP contribution is -2.54. The summed E-state index contributed by atoms with van der Waals surface area (Å²) in [4.78, 5) is 26.8. The van der Waals surface area contributed by atoms with Gasteiger partial charge in [-0.1, -0.05) is 18.2 Å². The third kappa shape index (κ3) is 3.68. The lowest BCUT2D eigenvalue weighted by molar-refractivity contribution is -0.122. The van der Waals surface area contributed by atoms with Crippen molar-refractivity contribution in [2.75, 3.05) is 12.0 Å². The van der Waals surface area contributed by atoms with Crippen molar-refractivity contribution in [2.24, 2.45) is 0 Å². The molecule has 1 aromatic heterocycles. The van der Waals surface area contributed by atoms with Gasteiger partial charge in [0.05, 0.1) is 12.8 Å². The van der Waals surface area contributed by atoms with Crippen LogP contribution in [0, 0.1) is 0 Å². The molecule has 2 heterocycles. The summed E-state index contributed by atoms with van der Waals surface area (Å²) in [6, 6.07) is 18.5. The Hall–Kier alpha value is -3.71. The molecule has 7 heteroatoms. The van der Waals surface area contributed by atoms with Crippen LogP contribution in [-0.2, 0) is 9.59 Å². The molecule has 6 nitrogen and oxygen atoms in total. The van der Waals surface area contributed by atoms with Crippen LogP contribution < -0.4 is 15.0 Å². The maximum absolute atomic E-state index is 13.1. The summed E-state index contributed by atoms with van der Waals surface area (Å²) in [6.45, 7) is 0. The number of hydrogen-bond donors (Lipinski definition) is 1. The van der Waals surface area contributed by atoms with Crippen LogP contribution in [0.15, 0.2) is 78.6 Å². The molecule has 0 aliphatic carbocycles. The van der Waals surface area contributed by atoms with Gasteiger partial charge in [0.2, 0.25) is 0 Å². The number of anilines is 1. The molecule has 0 bridgehead atoms. The summed E-state index contributed by atoms with van der Waals surface area (Å²) < 4.78 is 7.07. The van der Waals surface area contributed by atoms with Gasteiger partial charge in [-0.15, -0.1) is 0 Å². The first-order chi connectivity index (χ1) is 14.1. The third-order valence-corrected chi connectivity index (χ3v) is 4.80. The summed E-state index contributed by atoms with van der Waals surface area (Å²) in [5, 5.41) is 2.63. The number of benzene rings is 2. The highest BCUT2D eigenvalue weighted by Crippen LogP contribution is 2.24. The lowest BCUT2D eigenvalue weighted by atomic mass is 10.1. The number of ether oxygens (including phenoxy) is 1. The summed E-state index contributed by atoms with van der Waals surface area (Å²) in [7, 11) is 1.56. The number of thiocarbonyl (C=S) groups is 1. The van der Waals surface area contributed by atoms with E-state index in [-0.39, 0.29) is 10.7 Å². The minimum atomic E-state index is -0.516. The van der Waals surface area contributed by atoms with Crippen molar-refractivity contribution in [1.29, 1.82) is 0 Å². The van der Waals surface area contributed by atoms with E-state index in [1.54, 1.807) is 37.5 Å². The van der Waals surface area contributed by atoms with Gasteiger partial charge in [-0.2, -0.15) is 0 Å². The molecule has 0 atom stereocenters. The molecular weight excluding hydrogens is 386 g/mol. The summed E-state index contributed by atoms with van der Waals surface area (Å²) in [5.74, 6) is -0.334. The Morgan fingerprint density at radius 1 is 0.966 bits per heavy atom. The number of carbonyl (C=O) groups is 2. The van der Waals surface area contributed by atoms with Crippen LogP contribution in [-0.4, -0.2) is 28.6 Å². The summed E-state index contributed by atoms with van der Waals surface area (Å²) >= 11 is 5.22. The highest BCUT2D eigenvalue weighted by atomic mass is 32.1. The van der Waals surface area contributed by atoms with Gasteiger partial charge in [0.1, 0.15) is 11.3 Å². The van der Waals surface area contributed by atoms with Crippen LogP contribution >= 0.6 is 12.2 Å². The van der Waals surface area contributed by atoms with Crippen LogP contribution in [0.3, 0.4) is 0 Å². The van der Waals surface area contributed by atoms with Crippen LogP contribution in [0.2, 0.25) is 0 Å². The van der Waals surface area contributed by atoms with Crippen molar-refractivity contribution >= 4 is 40.9 Å². The van der Waals surface area contributed by atoms with Gasteiger partial charge in [0.15, 0.2) is 5.11 Å². The summed E-state index contributed by atoms with van der Waals surface area (Å²) in [5.41, 5.74) is 2.28. The number of methoxy groups -OCH3 is 1. The molecule has 1 saturated heterocycles. The predicted octanol–water partition coefficient (Wildman–Crippen LogP) is 3.32. The van der Waals surface area contributed by atoms with Gasteiger partial charge in [-0.3, -0.25) is 19.8 Å². The molecule has 1 N–H and O–H groups in total. The highest BCUT2D eigenvalue weighted by Gasteiger charge is 2.34. The fourth-order valence-corrected chi connectivity index (χ4v) is 3.33. The molecule has 4 rings (SSSR count). The number of hydrogen-bond acceptors (Lipinski definition) is 4. The fraction of sp³-hybridized carbons (Fsp3) is 0.0455. The topological polar surface area (TPSA) is 63.6 Å². The van der Waals surface area contributed by atoms with E-state index in [0.717, 1.165) is 11.3 Å². The monoisotopic (exact) mass is 403 g/mol. The molecule has 29 heavy (non-hydrogen) atoms. The second-order valence-corrected chi connectivity index (χ2v) is 6.73. The molecule has 0 spiro atoms. The summed E-state index contributed by atoms with van der Waals surface area (Å²) in [6.07, 6.45) is 5.29. The molecule has 3 aromatic rings. The van der Waals surface area contributed by atoms with E-state index in [0.29, 0.717) is 11.4 Å². The quantitative estimate of drug-likeness (QED) is 0.412. The van der Waals surface area contributed by atoms with Crippen LogP contribution in [0.4, 0.5) is 5.69 Å². The Morgan fingerprint density at radius 3 is 2.38 bits per heavy atom. The van der Waals surface area contributed by atoms with Crippen molar-refractivity contribution in [3.05, 3.63) is 84.2 Å². The van der Waals surface area contributed by atoms with Crippen molar-refractivity contribution in [1.82, 2.24) is 9.88 Å². The minimum absolute atomic E-state index is 0.0141. The minimum Gasteiger partial charge on any atom is -0.497 e. The lowest BCUT2D eigenvalue weighted by Gasteiger charge is -2.28. The molecular formula is C22H17N3O3S. The van der Waals surface area contributed by atoms with Crippen molar-refractivity contribution in [3.63, 3.8) is 0 Å². The molecule has 1 aliphatic heterocycles. The van der Waals surface area contributed by atoms with Crippen molar-refractivity contribution in [2.45, 2.75) is 0 Å². The molecule has 1 fully saturated rings. The van der Waals surface area contributed by atoms with Gasteiger partial charge in [-0.25, -0.2) is 0 Å². The average molecular weight is 403 g/mol. The number of amides is 2. The molecule has 2 amide bonds. The predicted molar refractivity (Wildman–Crippen MR) is 115 cm³/mol. The smallest absolute Gasteiger partial charge is 0.270 e. The highest BCUT2D eigenvalue weighted by molar-refractivity contribution is 7.80. The van der Waals surface area contributed by atoms with E-state index < -0.39 is 11.8 Å². The van der Waals surface area contributed by atoms with Gasteiger partial charge < -0.3 is 9.30 Å². The zero-order valence-corrected chi connectivity index (χ0v) is 16.3. The number of para-hydroxylation sites is 1. The van der Waals surface area contributed by atoms with E-state index in [1.807, 2.05) is 53.4 Å². The van der Waals surface area contributed by atoms with Crippen molar-refractivity contribution in [3.8, 4) is 11.4 Å². The molecule has 2 aromatic carbocycles. The second-order valence-electron chi connectivity index (χ2n) is 6.34. The average Bonchev–Trinajstić information content (AvgIpc) is 3.21. The fourth-order valence-electron chi connectivity index (χ4n) is 3.05. The normalized spacial score (nSPS) is 15.6. The second kappa shape index (κ2) is 7.73. The van der Waals surface area contributed by atoms with E-state index in [9.17, 15) is 9.59 Å². The van der Waals surface area contributed by atoms with E-state index in [1.165, 1.54) is 4.90 Å². The van der Waals surface area contributed by atoms with Crippen molar-refractivity contribution < 1.29 is 14.3 Å². The van der Waals surface area contributed by atoms with E-state index >= 15 is 0 Å². The Kier molecular flexibility index (Phi) is 4.97. The first-order valence-electron chi connectivity index (χ1n) is 8.86. The molecule has 0 unspecified atom stereocenters. The van der Waals surface area contributed by atoms with Gasteiger partial charge >= 0.3 is 0 Å². The first kappa shape index (κ1) is 18.6. The largest absolute Gasteiger partial charge is 0.497 e. The Bertz CT molecular complexity index is 1120. The maximum Gasteiger partial charge on any atom is 0.270 e. The third-order valence-electron chi connectivity index (χ3n) is 4.51. The number of carbonyl (C=O) groups excluding carboxylic acids is 2. The number of aromatic nitrogens is 1. The maximum atomic E-state index is 13.1. The van der Waals surface area contributed by atoms with E-state index in [2.05, 4.69) is 5.32 Å².